The number of benzene rings is 1. The second-order valence-electron chi connectivity index (χ2n) is 5.20. The van der Waals surface area contributed by atoms with Gasteiger partial charge >= 0.3 is 5.69 Å². The molecule has 0 spiro atoms. The maximum Gasteiger partial charge on any atom is 0.353 e. The molecule has 0 unspecified atom stereocenters. The van der Waals surface area contributed by atoms with E-state index < -0.39 is 22.2 Å². The maximum atomic E-state index is 13.9. The van der Waals surface area contributed by atoms with Crippen molar-refractivity contribution in [2.75, 3.05) is 23.3 Å². The number of nitrogens with one attached hydrogen (secondary N) is 1. The lowest BCUT2D eigenvalue weighted by atomic mass is 10.2. The Morgan fingerprint density at radius 1 is 1.19 bits per heavy atom. The Bertz CT molecular complexity index is 906. The number of aromatic nitrogens is 2. The highest BCUT2D eigenvalue weighted by molar-refractivity contribution is 5.74. The van der Waals surface area contributed by atoms with Gasteiger partial charge in [-0.3, -0.25) is 10.1 Å². The van der Waals surface area contributed by atoms with Crippen molar-refractivity contribution in [3.05, 3.63) is 46.3 Å². The highest BCUT2D eigenvalue weighted by atomic mass is 19.1. The first kappa shape index (κ1) is 19.5. The molecule has 0 fully saturated rings. The third-order valence-electron chi connectivity index (χ3n) is 3.46. The molecule has 9 nitrogen and oxygen atoms in total. The summed E-state index contributed by atoms with van der Waals surface area (Å²) in [7, 11) is 0. The van der Waals surface area contributed by atoms with Gasteiger partial charge in [0.2, 0.25) is 11.6 Å². The van der Waals surface area contributed by atoms with E-state index in [4.69, 9.17) is 10.5 Å². The minimum absolute atomic E-state index is 0.0575. The molecule has 0 amide bonds. The van der Waals surface area contributed by atoms with Crippen LogP contribution in [0.25, 0.3) is 0 Å². The first-order valence-corrected chi connectivity index (χ1v) is 7.68. The van der Waals surface area contributed by atoms with Gasteiger partial charge < -0.3 is 10.2 Å². The molecule has 0 aliphatic heterocycles. The van der Waals surface area contributed by atoms with Crippen molar-refractivity contribution in [3.63, 3.8) is 0 Å². The van der Waals surface area contributed by atoms with Crippen LogP contribution >= 0.6 is 0 Å². The van der Waals surface area contributed by atoms with Gasteiger partial charge in [-0.15, -0.1) is 0 Å². The molecule has 0 atom stereocenters. The van der Waals surface area contributed by atoms with E-state index in [1.807, 2.05) is 12.1 Å². The summed E-state index contributed by atoms with van der Waals surface area (Å²) < 4.78 is 26.9. The molecule has 0 aliphatic rings. The number of hydrogen-bond acceptors (Lipinski definition) is 8. The van der Waals surface area contributed by atoms with Crippen molar-refractivity contribution in [2.24, 2.45) is 0 Å². The zero-order valence-corrected chi connectivity index (χ0v) is 13.9. The van der Waals surface area contributed by atoms with E-state index in [0.29, 0.717) is 6.07 Å². The number of nitrogens with zero attached hydrogens (tertiary/aromatic N) is 6. The van der Waals surface area contributed by atoms with Crippen LogP contribution < -0.4 is 10.2 Å². The number of rotatable bonds is 8. The zero-order chi connectivity index (χ0) is 19.8. The van der Waals surface area contributed by atoms with Crippen molar-refractivity contribution in [3.8, 4) is 12.1 Å². The zero-order valence-electron chi connectivity index (χ0n) is 13.9. The van der Waals surface area contributed by atoms with Crippen LogP contribution in [0.2, 0.25) is 0 Å². The monoisotopic (exact) mass is 373 g/mol. The molecular formula is C16H13F2N7O2. The Balaban J connectivity index is 2.47. The summed E-state index contributed by atoms with van der Waals surface area (Å²) in [6, 6.07) is 6.54. The summed E-state index contributed by atoms with van der Waals surface area (Å²) in [4.78, 5) is 20.0. The van der Waals surface area contributed by atoms with E-state index in [9.17, 15) is 18.9 Å². The lowest BCUT2D eigenvalue weighted by Crippen LogP contribution is -2.27. The van der Waals surface area contributed by atoms with Gasteiger partial charge in [0.25, 0.3) is 0 Å². The van der Waals surface area contributed by atoms with Gasteiger partial charge in [0.05, 0.1) is 35.6 Å². The molecule has 0 saturated carbocycles. The molecule has 0 saturated heterocycles. The van der Waals surface area contributed by atoms with Crippen molar-refractivity contribution in [1.29, 1.82) is 10.5 Å². The molecule has 138 valence electrons. The molecule has 1 aromatic carbocycles. The number of nitriles is 2. The molecular weight excluding hydrogens is 360 g/mol. The predicted molar refractivity (Wildman–Crippen MR) is 91.0 cm³/mol. The van der Waals surface area contributed by atoms with E-state index in [-0.39, 0.29) is 43.3 Å². The fourth-order valence-corrected chi connectivity index (χ4v) is 2.27. The summed E-state index contributed by atoms with van der Waals surface area (Å²) in [5, 5.41) is 31.6. The Labute approximate surface area is 152 Å². The SMILES string of the molecule is N#CCCN(CCC#N)c1ncnc(Nc2ccc(F)cc2F)c1[N+](=O)[O-]. The van der Waals surface area contributed by atoms with Gasteiger partial charge in [-0.25, -0.2) is 18.7 Å². The number of halogens is 2. The van der Waals surface area contributed by atoms with Gasteiger partial charge in [-0.05, 0) is 12.1 Å². The fourth-order valence-electron chi connectivity index (χ4n) is 2.27. The molecule has 1 heterocycles. The minimum Gasteiger partial charge on any atom is -0.349 e. The van der Waals surface area contributed by atoms with Gasteiger partial charge in [-0.1, -0.05) is 0 Å². The maximum absolute atomic E-state index is 13.9. The predicted octanol–water partition coefficient (Wildman–Crippen LogP) is 3.04. The molecule has 0 aliphatic carbocycles. The number of hydrogen-bond donors (Lipinski definition) is 1. The van der Waals surface area contributed by atoms with Crippen LogP contribution in [-0.4, -0.2) is 28.0 Å². The Kier molecular flexibility index (Phi) is 6.49. The summed E-state index contributed by atoms with van der Waals surface area (Å²) >= 11 is 0. The molecule has 2 rings (SSSR count). The van der Waals surface area contributed by atoms with E-state index in [2.05, 4.69) is 15.3 Å². The first-order valence-electron chi connectivity index (χ1n) is 7.68. The van der Waals surface area contributed by atoms with E-state index in [1.165, 1.54) is 4.90 Å². The van der Waals surface area contributed by atoms with Crippen LogP contribution in [0.3, 0.4) is 0 Å². The summed E-state index contributed by atoms with van der Waals surface area (Å²) in [5.74, 6) is -2.15. The molecule has 11 heteroatoms. The van der Waals surface area contributed by atoms with Gasteiger partial charge in [-0.2, -0.15) is 10.5 Å². The topological polar surface area (TPSA) is 132 Å². The van der Waals surface area contributed by atoms with Gasteiger partial charge in [0.1, 0.15) is 18.0 Å². The summed E-state index contributed by atoms with van der Waals surface area (Å²) in [5.41, 5.74) is -0.748. The largest absolute Gasteiger partial charge is 0.353 e. The lowest BCUT2D eigenvalue weighted by molar-refractivity contribution is -0.383. The molecule has 27 heavy (non-hydrogen) atoms. The van der Waals surface area contributed by atoms with Crippen LogP contribution in [0.5, 0.6) is 0 Å². The summed E-state index contributed by atoms with van der Waals surface area (Å²) in [6.45, 7) is 0.223. The molecule has 0 bridgehead atoms. The van der Waals surface area contributed by atoms with Crippen molar-refractivity contribution < 1.29 is 13.7 Å². The quantitative estimate of drug-likeness (QED) is 0.551. The smallest absolute Gasteiger partial charge is 0.349 e. The third kappa shape index (κ3) is 4.83. The van der Waals surface area contributed by atoms with Crippen LogP contribution in [0.1, 0.15) is 12.8 Å². The Hall–Kier alpha value is -3.86. The Morgan fingerprint density at radius 3 is 2.41 bits per heavy atom. The normalized spacial score (nSPS) is 9.93. The standard InChI is InChI=1S/C16H13F2N7O2/c17-11-3-4-13(12(18)9-11)23-15-14(25(26)27)16(22-10-21-15)24(7-1-5-19)8-2-6-20/h3-4,9-10H,1-2,7-8H2,(H,21,22,23). The number of anilines is 3. The van der Waals surface area contributed by atoms with Crippen molar-refractivity contribution in [2.45, 2.75) is 12.8 Å². The highest BCUT2D eigenvalue weighted by Crippen LogP contribution is 2.34. The van der Waals surface area contributed by atoms with Crippen LogP contribution in [0.4, 0.5) is 31.8 Å². The van der Waals surface area contributed by atoms with E-state index in [1.54, 1.807) is 0 Å². The second-order valence-corrected chi connectivity index (χ2v) is 5.20. The van der Waals surface area contributed by atoms with E-state index in [0.717, 1.165) is 18.5 Å². The number of nitro groups is 1. The average Bonchev–Trinajstić information content (AvgIpc) is 2.64. The van der Waals surface area contributed by atoms with Crippen LogP contribution in [0.15, 0.2) is 24.5 Å². The summed E-state index contributed by atoms with van der Waals surface area (Å²) in [6.07, 6.45) is 1.15. The average molecular weight is 373 g/mol. The lowest BCUT2D eigenvalue weighted by Gasteiger charge is -2.21. The minimum atomic E-state index is -0.949. The fraction of sp³-hybridized carbons (Fsp3) is 0.250. The third-order valence-corrected chi connectivity index (χ3v) is 3.46. The van der Waals surface area contributed by atoms with Crippen molar-refractivity contribution in [1.82, 2.24) is 9.97 Å². The van der Waals surface area contributed by atoms with Gasteiger partial charge in [0, 0.05) is 19.2 Å². The second kappa shape index (κ2) is 9.01. The molecule has 1 N–H and O–H groups in total. The Morgan fingerprint density at radius 2 is 1.85 bits per heavy atom. The highest BCUT2D eigenvalue weighted by Gasteiger charge is 2.27. The van der Waals surface area contributed by atoms with Crippen LogP contribution in [0, 0.1) is 44.4 Å². The molecule has 2 aromatic rings. The first-order chi connectivity index (χ1) is 13.0. The molecule has 0 radical (unpaired) electrons. The van der Waals surface area contributed by atoms with Crippen molar-refractivity contribution >= 4 is 23.0 Å². The van der Waals surface area contributed by atoms with Crippen LogP contribution in [-0.2, 0) is 0 Å². The van der Waals surface area contributed by atoms with E-state index >= 15 is 0 Å². The molecule has 1 aromatic heterocycles. The van der Waals surface area contributed by atoms with Gasteiger partial charge in [0.15, 0.2) is 0 Å².